The predicted octanol–water partition coefficient (Wildman–Crippen LogP) is 2.98. The second-order valence-corrected chi connectivity index (χ2v) is 6.68. The highest BCUT2D eigenvalue weighted by atomic mass is 16.5. The van der Waals surface area contributed by atoms with Crippen LogP contribution in [0.15, 0.2) is 61.4 Å². The number of aromatic nitrogens is 6. The zero-order valence-corrected chi connectivity index (χ0v) is 14.9. The summed E-state index contributed by atoms with van der Waals surface area (Å²) in [5, 5.41) is 8.65. The molecular formula is C20H18N6O. The average molecular weight is 358 g/mol. The van der Waals surface area contributed by atoms with E-state index in [1.54, 1.807) is 4.68 Å². The fourth-order valence-electron chi connectivity index (χ4n) is 3.10. The van der Waals surface area contributed by atoms with Crippen molar-refractivity contribution >= 4 is 0 Å². The first-order valence-electron chi connectivity index (χ1n) is 8.80. The quantitative estimate of drug-likeness (QED) is 0.561. The van der Waals surface area contributed by atoms with Crippen LogP contribution in [0, 0.1) is 0 Å². The molecule has 0 amide bonds. The van der Waals surface area contributed by atoms with Gasteiger partial charge in [-0.3, -0.25) is 9.36 Å². The van der Waals surface area contributed by atoms with Gasteiger partial charge >= 0.3 is 0 Å². The molecule has 3 aromatic heterocycles. The Morgan fingerprint density at radius 3 is 2.30 bits per heavy atom. The van der Waals surface area contributed by atoms with E-state index < -0.39 is 0 Å². The van der Waals surface area contributed by atoms with Gasteiger partial charge in [-0.1, -0.05) is 18.2 Å². The van der Waals surface area contributed by atoms with Gasteiger partial charge < -0.3 is 4.74 Å². The molecule has 0 unspecified atom stereocenters. The predicted molar refractivity (Wildman–Crippen MR) is 101 cm³/mol. The van der Waals surface area contributed by atoms with E-state index in [1.165, 1.54) is 0 Å². The van der Waals surface area contributed by atoms with E-state index in [0.717, 1.165) is 41.0 Å². The maximum Gasteiger partial charge on any atom is 0.159 e. The molecule has 0 bridgehead atoms. The van der Waals surface area contributed by atoms with Crippen molar-refractivity contribution in [2.75, 3.05) is 13.2 Å². The summed E-state index contributed by atoms with van der Waals surface area (Å²) in [5.41, 5.74) is 5.11. The van der Waals surface area contributed by atoms with Crippen LogP contribution in [0.5, 0.6) is 0 Å². The third-order valence-corrected chi connectivity index (χ3v) is 4.74. The van der Waals surface area contributed by atoms with E-state index in [1.807, 2.05) is 61.0 Å². The van der Waals surface area contributed by atoms with Crippen LogP contribution in [0.4, 0.5) is 0 Å². The third-order valence-electron chi connectivity index (χ3n) is 4.74. The Hall–Kier alpha value is -3.32. The summed E-state index contributed by atoms with van der Waals surface area (Å²) < 4.78 is 8.96. The minimum atomic E-state index is 0.342. The minimum absolute atomic E-state index is 0.342. The molecule has 134 valence electrons. The molecule has 7 heteroatoms. The third kappa shape index (κ3) is 3.02. The average Bonchev–Trinajstić information content (AvgIpc) is 3.30. The highest BCUT2D eigenvalue weighted by Gasteiger charge is 2.21. The lowest BCUT2D eigenvalue weighted by atomic mass is 10.1. The highest BCUT2D eigenvalue weighted by molar-refractivity contribution is 5.70. The summed E-state index contributed by atoms with van der Waals surface area (Å²) in [6.45, 7) is 1.45. The first-order chi connectivity index (χ1) is 13.3. The van der Waals surface area contributed by atoms with Crippen LogP contribution in [-0.4, -0.2) is 42.7 Å². The summed E-state index contributed by atoms with van der Waals surface area (Å²) >= 11 is 0. The summed E-state index contributed by atoms with van der Waals surface area (Å²) in [6, 6.07) is 8.52. The van der Waals surface area contributed by atoms with Crippen molar-refractivity contribution in [3.05, 3.63) is 61.4 Å². The Morgan fingerprint density at radius 2 is 1.59 bits per heavy atom. The first-order valence-corrected chi connectivity index (χ1v) is 8.80. The van der Waals surface area contributed by atoms with Crippen molar-refractivity contribution in [2.24, 2.45) is 7.05 Å². The number of ether oxygens (including phenoxy) is 1. The Labute approximate surface area is 156 Å². The van der Waals surface area contributed by atoms with Crippen LogP contribution < -0.4 is 0 Å². The fourth-order valence-corrected chi connectivity index (χ4v) is 3.10. The van der Waals surface area contributed by atoms with E-state index in [4.69, 9.17) is 4.74 Å². The van der Waals surface area contributed by atoms with Gasteiger partial charge in [-0.05, 0) is 11.6 Å². The van der Waals surface area contributed by atoms with Crippen LogP contribution >= 0.6 is 0 Å². The number of nitrogens with zero attached hydrogens (tertiary/aromatic N) is 6. The van der Waals surface area contributed by atoms with Crippen LogP contribution in [0.2, 0.25) is 0 Å². The summed E-state index contributed by atoms with van der Waals surface area (Å²) in [7, 11) is 1.91. The molecule has 1 aliphatic heterocycles. The molecule has 1 aliphatic rings. The molecule has 0 N–H and O–H groups in total. The summed E-state index contributed by atoms with van der Waals surface area (Å²) in [6.07, 6.45) is 11.4. The van der Waals surface area contributed by atoms with Gasteiger partial charge in [0.1, 0.15) is 0 Å². The van der Waals surface area contributed by atoms with E-state index in [2.05, 4.69) is 32.3 Å². The zero-order valence-electron chi connectivity index (χ0n) is 14.9. The zero-order chi connectivity index (χ0) is 18.2. The molecule has 27 heavy (non-hydrogen) atoms. The summed E-state index contributed by atoms with van der Waals surface area (Å²) in [5.74, 6) is 0.698. The van der Waals surface area contributed by atoms with Gasteiger partial charge in [0.25, 0.3) is 0 Å². The maximum absolute atomic E-state index is 5.22. The highest BCUT2D eigenvalue weighted by Crippen LogP contribution is 2.26. The first kappa shape index (κ1) is 15.9. The standard InChI is InChI=1S/C20H18N6O/c1-25-10-17(8-23-25)14-3-2-4-15(5-14)20-21-6-16(7-22-20)18-9-24-26(11-18)19-12-27-13-19/h2-11,19H,12-13H2,1H3. The number of rotatable bonds is 4. The number of benzene rings is 1. The van der Waals surface area contributed by atoms with Crippen molar-refractivity contribution in [1.82, 2.24) is 29.5 Å². The second kappa shape index (κ2) is 6.44. The Kier molecular flexibility index (Phi) is 3.79. The molecule has 1 fully saturated rings. The SMILES string of the molecule is Cn1cc(-c2cccc(-c3ncc(-c4cnn(C5COC5)c4)cn3)c2)cn1. The summed E-state index contributed by atoms with van der Waals surface area (Å²) in [4.78, 5) is 9.12. The molecule has 1 saturated heterocycles. The molecule has 0 aliphatic carbocycles. The van der Waals surface area contributed by atoms with Gasteiger partial charge in [0.15, 0.2) is 5.82 Å². The fraction of sp³-hybridized carbons (Fsp3) is 0.200. The number of aryl methyl sites for hydroxylation is 1. The Morgan fingerprint density at radius 1 is 0.852 bits per heavy atom. The lowest BCUT2D eigenvalue weighted by molar-refractivity contribution is -0.0286. The Bertz CT molecular complexity index is 1080. The van der Waals surface area contributed by atoms with Crippen molar-refractivity contribution in [3.63, 3.8) is 0 Å². The number of hydrogen-bond donors (Lipinski definition) is 0. The maximum atomic E-state index is 5.22. The van der Waals surface area contributed by atoms with Crippen LogP contribution in [0.25, 0.3) is 33.6 Å². The largest absolute Gasteiger partial charge is 0.377 e. The molecule has 1 aromatic carbocycles. The van der Waals surface area contributed by atoms with E-state index in [-0.39, 0.29) is 0 Å². The smallest absolute Gasteiger partial charge is 0.159 e. The lowest BCUT2D eigenvalue weighted by Gasteiger charge is -2.25. The van der Waals surface area contributed by atoms with Crippen LogP contribution in [0.1, 0.15) is 6.04 Å². The van der Waals surface area contributed by atoms with E-state index in [9.17, 15) is 0 Å². The van der Waals surface area contributed by atoms with Crippen molar-refractivity contribution in [3.8, 4) is 33.6 Å². The minimum Gasteiger partial charge on any atom is -0.377 e. The number of hydrogen-bond acceptors (Lipinski definition) is 5. The van der Waals surface area contributed by atoms with Crippen molar-refractivity contribution in [2.45, 2.75) is 6.04 Å². The molecule has 0 radical (unpaired) electrons. The molecule has 0 saturated carbocycles. The van der Waals surface area contributed by atoms with Crippen LogP contribution in [-0.2, 0) is 11.8 Å². The lowest BCUT2D eigenvalue weighted by Crippen LogP contribution is -2.30. The van der Waals surface area contributed by atoms with Crippen molar-refractivity contribution in [1.29, 1.82) is 0 Å². The van der Waals surface area contributed by atoms with Gasteiger partial charge in [-0.25, -0.2) is 9.97 Å². The normalized spacial score (nSPS) is 14.3. The molecule has 4 heterocycles. The van der Waals surface area contributed by atoms with E-state index in [0.29, 0.717) is 11.9 Å². The molecule has 4 aromatic rings. The van der Waals surface area contributed by atoms with Gasteiger partial charge in [0, 0.05) is 54.1 Å². The van der Waals surface area contributed by atoms with Gasteiger partial charge in [-0.15, -0.1) is 0 Å². The van der Waals surface area contributed by atoms with Gasteiger partial charge in [-0.2, -0.15) is 10.2 Å². The topological polar surface area (TPSA) is 70.7 Å². The van der Waals surface area contributed by atoms with E-state index >= 15 is 0 Å². The molecule has 0 spiro atoms. The van der Waals surface area contributed by atoms with Crippen molar-refractivity contribution < 1.29 is 4.74 Å². The molecule has 7 nitrogen and oxygen atoms in total. The molecule has 5 rings (SSSR count). The van der Waals surface area contributed by atoms with Crippen LogP contribution in [0.3, 0.4) is 0 Å². The van der Waals surface area contributed by atoms with Gasteiger partial charge in [0.05, 0.1) is 31.6 Å². The molecule has 0 atom stereocenters. The monoisotopic (exact) mass is 358 g/mol. The second-order valence-electron chi connectivity index (χ2n) is 6.68. The van der Waals surface area contributed by atoms with Gasteiger partial charge in [0.2, 0.25) is 0 Å². The Balaban J connectivity index is 1.41. The molecular weight excluding hydrogens is 340 g/mol.